The van der Waals surface area contributed by atoms with E-state index in [4.69, 9.17) is 5.11 Å². The Morgan fingerprint density at radius 1 is 1.64 bits per heavy atom. The maximum Gasteiger partial charge on any atom is 0.404 e. The fourth-order valence-electron chi connectivity index (χ4n) is 1.31. The maximum absolute atomic E-state index is 10.1. The third-order valence-electron chi connectivity index (χ3n) is 1.91. The molecule has 1 aliphatic rings. The number of carboxylic acid groups (broad SMARTS) is 1. The van der Waals surface area contributed by atoms with E-state index >= 15 is 0 Å². The molecule has 64 valence electrons. The van der Waals surface area contributed by atoms with Crippen LogP contribution in [0.5, 0.6) is 0 Å². The summed E-state index contributed by atoms with van der Waals surface area (Å²) in [7, 11) is 0. The largest absolute Gasteiger partial charge is 0.465 e. The molecule has 11 heavy (non-hydrogen) atoms. The highest BCUT2D eigenvalue weighted by atomic mass is 16.4. The number of nitrogens with one attached hydrogen (secondary N) is 2. The van der Waals surface area contributed by atoms with Crippen molar-refractivity contribution in [2.75, 3.05) is 13.1 Å². The lowest BCUT2D eigenvalue weighted by Crippen LogP contribution is -2.43. The lowest BCUT2D eigenvalue weighted by molar-refractivity contribution is 0.192. The molecule has 0 aliphatic carbocycles. The summed E-state index contributed by atoms with van der Waals surface area (Å²) in [5.41, 5.74) is 0. The van der Waals surface area contributed by atoms with Crippen LogP contribution in [-0.4, -0.2) is 30.3 Å². The van der Waals surface area contributed by atoms with Crippen LogP contribution in [0.4, 0.5) is 4.79 Å². The Morgan fingerprint density at radius 3 is 3.00 bits per heavy atom. The summed E-state index contributed by atoms with van der Waals surface area (Å²) in [4.78, 5) is 10.1. The van der Waals surface area contributed by atoms with Crippen molar-refractivity contribution in [3.05, 3.63) is 0 Å². The average molecular weight is 158 g/mol. The molecule has 0 aromatic rings. The highest BCUT2D eigenvalue weighted by molar-refractivity contribution is 5.64. The minimum Gasteiger partial charge on any atom is -0.465 e. The first-order valence-corrected chi connectivity index (χ1v) is 3.99. The molecule has 0 radical (unpaired) electrons. The number of rotatable bonds is 2. The molecule has 1 amide bonds. The quantitative estimate of drug-likeness (QED) is 0.545. The average Bonchev–Trinajstić information content (AvgIpc) is 2.03. The fourth-order valence-corrected chi connectivity index (χ4v) is 1.31. The SMILES string of the molecule is O=C(O)NC[C@@H]1CCCCN1. The lowest BCUT2D eigenvalue weighted by Gasteiger charge is -2.22. The Bertz CT molecular complexity index is 132. The van der Waals surface area contributed by atoms with Crippen molar-refractivity contribution in [2.45, 2.75) is 25.3 Å². The van der Waals surface area contributed by atoms with Gasteiger partial charge in [0.2, 0.25) is 0 Å². The molecule has 1 rings (SSSR count). The van der Waals surface area contributed by atoms with E-state index in [1.807, 2.05) is 0 Å². The van der Waals surface area contributed by atoms with Crippen LogP contribution in [0, 0.1) is 0 Å². The Hall–Kier alpha value is -0.770. The van der Waals surface area contributed by atoms with Crippen molar-refractivity contribution >= 4 is 6.09 Å². The number of hydrogen-bond donors (Lipinski definition) is 3. The summed E-state index contributed by atoms with van der Waals surface area (Å²) in [5.74, 6) is 0. The Morgan fingerprint density at radius 2 is 2.45 bits per heavy atom. The molecule has 0 aromatic heterocycles. The summed E-state index contributed by atoms with van der Waals surface area (Å²) in [5, 5.41) is 13.9. The van der Waals surface area contributed by atoms with Crippen LogP contribution in [0.25, 0.3) is 0 Å². The molecule has 1 saturated heterocycles. The first-order chi connectivity index (χ1) is 5.29. The third-order valence-corrected chi connectivity index (χ3v) is 1.91. The Kier molecular flexibility index (Phi) is 3.16. The van der Waals surface area contributed by atoms with Crippen molar-refractivity contribution < 1.29 is 9.90 Å². The standard InChI is InChI=1S/C7H14N2O2/c10-7(11)9-5-6-3-1-2-4-8-6/h6,8-9H,1-5H2,(H,10,11)/t6-/m0/s1. The van der Waals surface area contributed by atoms with E-state index in [9.17, 15) is 4.79 Å². The first kappa shape index (κ1) is 8.33. The van der Waals surface area contributed by atoms with E-state index in [0.29, 0.717) is 12.6 Å². The van der Waals surface area contributed by atoms with Gasteiger partial charge in [0.05, 0.1) is 0 Å². The molecule has 0 spiro atoms. The molecule has 4 nitrogen and oxygen atoms in total. The van der Waals surface area contributed by atoms with Crippen LogP contribution in [-0.2, 0) is 0 Å². The monoisotopic (exact) mass is 158 g/mol. The second-order valence-corrected chi connectivity index (χ2v) is 2.83. The number of amides is 1. The predicted molar refractivity (Wildman–Crippen MR) is 41.7 cm³/mol. The van der Waals surface area contributed by atoms with Crippen LogP contribution < -0.4 is 10.6 Å². The van der Waals surface area contributed by atoms with Gasteiger partial charge >= 0.3 is 6.09 Å². The number of carbonyl (C=O) groups is 1. The van der Waals surface area contributed by atoms with Gasteiger partial charge in [-0.1, -0.05) is 6.42 Å². The fraction of sp³-hybridized carbons (Fsp3) is 0.857. The molecule has 4 heteroatoms. The van der Waals surface area contributed by atoms with Crippen LogP contribution in [0.2, 0.25) is 0 Å². The third kappa shape index (κ3) is 3.23. The first-order valence-electron chi connectivity index (χ1n) is 3.99. The van der Waals surface area contributed by atoms with Crippen LogP contribution in [0.15, 0.2) is 0 Å². The van der Waals surface area contributed by atoms with Gasteiger partial charge < -0.3 is 15.7 Å². The zero-order valence-corrected chi connectivity index (χ0v) is 6.47. The van der Waals surface area contributed by atoms with Gasteiger partial charge in [-0.25, -0.2) is 4.79 Å². The molecule has 1 heterocycles. The van der Waals surface area contributed by atoms with Gasteiger partial charge in [-0.2, -0.15) is 0 Å². The van der Waals surface area contributed by atoms with Gasteiger partial charge in [0, 0.05) is 12.6 Å². The van der Waals surface area contributed by atoms with Crippen LogP contribution >= 0.6 is 0 Å². The molecule has 3 N–H and O–H groups in total. The summed E-state index contributed by atoms with van der Waals surface area (Å²) in [6.45, 7) is 1.56. The predicted octanol–water partition coefficient (Wildman–Crippen LogP) is 0.396. The van der Waals surface area contributed by atoms with E-state index in [-0.39, 0.29) is 0 Å². The molecule has 0 bridgehead atoms. The van der Waals surface area contributed by atoms with Crippen molar-refractivity contribution in [3.63, 3.8) is 0 Å². The van der Waals surface area contributed by atoms with Gasteiger partial charge in [0.25, 0.3) is 0 Å². The smallest absolute Gasteiger partial charge is 0.404 e. The molecule has 0 aromatic carbocycles. The normalized spacial score (nSPS) is 24.5. The second-order valence-electron chi connectivity index (χ2n) is 2.83. The van der Waals surface area contributed by atoms with Gasteiger partial charge in [0.1, 0.15) is 0 Å². The summed E-state index contributed by atoms with van der Waals surface area (Å²) in [6, 6.07) is 0.347. The van der Waals surface area contributed by atoms with E-state index in [1.54, 1.807) is 0 Å². The summed E-state index contributed by atoms with van der Waals surface area (Å²) >= 11 is 0. The second kappa shape index (κ2) is 4.18. The highest BCUT2D eigenvalue weighted by Gasteiger charge is 2.12. The molecule has 1 fully saturated rings. The van der Waals surface area contributed by atoms with Gasteiger partial charge in [-0.05, 0) is 19.4 Å². The van der Waals surface area contributed by atoms with E-state index in [1.165, 1.54) is 12.8 Å². The molecular weight excluding hydrogens is 144 g/mol. The Labute approximate surface area is 66.0 Å². The number of piperidine rings is 1. The van der Waals surface area contributed by atoms with E-state index in [2.05, 4.69) is 10.6 Å². The molecule has 0 saturated carbocycles. The van der Waals surface area contributed by atoms with Gasteiger partial charge in [0.15, 0.2) is 0 Å². The Balaban J connectivity index is 2.09. The summed E-state index contributed by atoms with van der Waals surface area (Å²) < 4.78 is 0. The topological polar surface area (TPSA) is 61.4 Å². The van der Waals surface area contributed by atoms with Crippen LogP contribution in [0.3, 0.4) is 0 Å². The molecular formula is C7H14N2O2. The molecule has 1 atom stereocenters. The zero-order valence-electron chi connectivity index (χ0n) is 6.47. The number of hydrogen-bond acceptors (Lipinski definition) is 2. The zero-order chi connectivity index (χ0) is 8.10. The lowest BCUT2D eigenvalue weighted by atomic mass is 10.1. The van der Waals surface area contributed by atoms with E-state index < -0.39 is 6.09 Å². The summed E-state index contributed by atoms with van der Waals surface area (Å²) in [6.07, 6.45) is 2.57. The molecule has 0 unspecified atom stereocenters. The van der Waals surface area contributed by atoms with Gasteiger partial charge in [-0.3, -0.25) is 0 Å². The van der Waals surface area contributed by atoms with Crippen molar-refractivity contribution in [1.29, 1.82) is 0 Å². The minimum atomic E-state index is -0.933. The minimum absolute atomic E-state index is 0.347. The van der Waals surface area contributed by atoms with Crippen molar-refractivity contribution in [3.8, 4) is 0 Å². The molecule has 1 aliphatic heterocycles. The highest BCUT2D eigenvalue weighted by Crippen LogP contribution is 2.05. The van der Waals surface area contributed by atoms with Crippen molar-refractivity contribution in [2.24, 2.45) is 0 Å². The van der Waals surface area contributed by atoms with E-state index in [0.717, 1.165) is 13.0 Å². The maximum atomic E-state index is 10.1. The van der Waals surface area contributed by atoms with Gasteiger partial charge in [-0.15, -0.1) is 0 Å². The van der Waals surface area contributed by atoms with Crippen molar-refractivity contribution in [1.82, 2.24) is 10.6 Å². The van der Waals surface area contributed by atoms with Crippen LogP contribution in [0.1, 0.15) is 19.3 Å².